The molecule has 1 fully saturated rings. The maximum Gasteiger partial charge on any atom is 0.573 e. The summed E-state index contributed by atoms with van der Waals surface area (Å²) in [5.74, 6) is -0.383. The van der Waals surface area contributed by atoms with Crippen LogP contribution in [0.25, 0.3) is 0 Å². The van der Waals surface area contributed by atoms with Gasteiger partial charge in [0.25, 0.3) is 0 Å². The quantitative estimate of drug-likeness (QED) is 0.858. The van der Waals surface area contributed by atoms with E-state index in [1.54, 1.807) is 6.92 Å². The number of carbonyl (C=O) groups is 1. The lowest BCUT2D eigenvalue weighted by Gasteiger charge is -2.33. The molecule has 0 radical (unpaired) electrons. The summed E-state index contributed by atoms with van der Waals surface area (Å²) in [7, 11) is 0. The summed E-state index contributed by atoms with van der Waals surface area (Å²) in [5, 5.41) is 6.13. The molecule has 134 valence electrons. The zero-order chi connectivity index (χ0) is 17.7. The molecule has 1 unspecified atom stereocenters. The number of hydrogen-bond donors (Lipinski definition) is 2. The van der Waals surface area contributed by atoms with Gasteiger partial charge in [0.15, 0.2) is 0 Å². The lowest BCUT2D eigenvalue weighted by Crippen LogP contribution is -2.52. The summed E-state index contributed by atoms with van der Waals surface area (Å²) in [6, 6.07) is 5.50. The smallest absolute Gasteiger partial charge is 0.406 e. The fourth-order valence-electron chi connectivity index (χ4n) is 2.63. The van der Waals surface area contributed by atoms with Crippen LogP contribution in [0.4, 0.5) is 13.2 Å². The molecule has 2 rings (SSSR count). The molecule has 0 spiro atoms. The Hall–Kier alpha value is -1.80. The Morgan fingerprint density at radius 2 is 2.08 bits per heavy atom. The highest BCUT2D eigenvalue weighted by molar-refractivity contribution is 5.78. The van der Waals surface area contributed by atoms with Gasteiger partial charge in [0.2, 0.25) is 5.91 Å². The van der Waals surface area contributed by atoms with Crippen LogP contribution < -0.4 is 15.4 Å². The first-order valence-corrected chi connectivity index (χ1v) is 7.84. The van der Waals surface area contributed by atoms with Gasteiger partial charge in [-0.15, -0.1) is 13.2 Å². The monoisotopic (exact) mass is 345 g/mol. The summed E-state index contributed by atoms with van der Waals surface area (Å²) >= 11 is 0. The number of alkyl halides is 3. The second-order valence-corrected chi connectivity index (χ2v) is 5.93. The number of halogens is 3. The molecule has 1 aliphatic heterocycles. The summed E-state index contributed by atoms with van der Waals surface area (Å²) in [6.07, 6.45) is -4.71. The van der Waals surface area contributed by atoms with E-state index < -0.39 is 6.36 Å². The van der Waals surface area contributed by atoms with E-state index in [9.17, 15) is 18.0 Å². The molecule has 0 aliphatic carbocycles. The molecule has 1 heterocycles. The van der Waals surface area contributed by atoms with Crippen molar-refractivity contribution in [1.82, 2.24) is 15.5 Å². The molecule has 2 N–H and O–H groups in total. The molecule has 2 atom stereocenters. The normalized spacial score (nSPS) is 20.5. The lowest BCUT2D eigenvalue weighted by molar-refractivity contribution is -0.274. The highest BCUT2D eigenvalue weighted by atomic mass is 19.4. The Morgan fingerprint density at radius 1 is 1.42 bits per heavy atom. The van der Waals surface area contributed by atoms with Gasteiger partial charge >= 0.3 is 6.36 Å². The minimum absolute atomic E-state index is 0.105. The third-order valence-electron chi connectivity index (χ3n) is 3.98. The van der Waals surface area contributed by atoms with E-state index in [0.29, 0.717) is 18.2 Å². The van der Waals surface area contributed by atoms with Gasteiger partial charge in [0, 0.05) is 25.7 Å². The van der Waals surface area contributed by atoms with Gasteiger partial charge in [-0.2, -0.15) is 0 Å². The number of piperazine rings is 1. The van der Waals surface area contributed by atoms with Gasteiger partial charge in [0.05, 0.1) is 12.6 Å². The van der Waals surface area contributed by atoms with Crippen LogP contribution in [-0.2, 0) is 4.79 Å². The first-order valence-electron chi connectivity index (χ1n) is 7.84. The summed E-state index contributed by atoms with van der Waals surface area (Å²) in [6.45, 7) is 6.67. The zero-order valence-electron chi connectivity index (χ0n) is 13.7. The van der Waals surface area contributed by atoms with Crippen LogP contribution in [0.3, 0.4) is 0 Å². The van der Waals surface area contributed by atoms with Gasteiger partial charge in [-0.3, -0.25) is 9.69 Å². The molecule has 8 heteroatoms. The van der Waals surface area contributed by atoms with Gasteiger partial charge < -0.3 is 15.4 Å². The number of carbonyl (C=O) groups excluding carboxylic acids is 1. The number of rotatable bonds is 5. The van der Waals surface area contributed by atoms with E-state index >= 15 is 0 Å². The van der Waals surface area contributed by atoms with Crippen molar-refractivity contribution in [2.24, 2.45) is 0 Å². The summed E-state index contributed by atoms with van der Waals surface area (Å²) in [5.41, 5.74) is 0.714. The van der Waals surface area contributed by atoms with Gasteiger partial charge in [-0.05, 0) is 31.5 Å². The van der Waals surface area contributed by atoms with Crippen LogP contribution in [0, 0.1) is 0 Å². The van der Waals surface area contributed by atoms with Crippen molar-refractivity contribution >= 4 is 5.91 Å². The Bertz CT molecular complexity index is 548. The second kappa shape index (κ2) is 7.85. The predicted molar refractivity (Wildman–Crippen MR) is 83.6 cm³/mol. The topological polar surface area (TPSA) is 53.6 Å². The molecule has 5 nitrogen and oxygen atoms in total. The number of nitrogens with zero attached hydrogens (tertiary/aromatic N) is 1. The van der Waals surface area contributed by atoms with E-state index in [0.717, 1.165) is 19.6 Å². The molecule has 24 heavy (non-hydrogen) atoms. The first-order chi connectivity index (χ1) is 11.2. The number of amides is 1. The number of nitrogens with one attached hydrogen (secondary N) is 2. The molecule has 1 aromatic carbocycles. The number of ether oxygens (including phenoxy) is 1. The average molecular weight is 345 g/mol. The van der Waals surface area contributed by atoms with Crippen molar-refractivity contribution < 1.29 is 22.7 Å². The Labute approximate surface area is 139 Å². The van der Waals surface area contributed by atoms with E-state index in [1.807, 2.05) is 0 Å². The van der Waals surface area contributed by atoms with Crippen LogP contribution in [0.1, 0.15) is 25.5 Å². The Morgan fingerprint density at radius 3 is 2.67 bits per heavy atom. The van der Waals surface area contributed by atoms with Crippen LogP contribution in [0.5, 0.6) is 5.75 Å². The molecule has 0 aromatic heterocycles. The highest BCUT2D eigenvalue weighted by Gasteiger charge is 2.31. The largest absolute Gasteiger partial charge is 0.573 e. The van der Waals surface area contributed by atoms with E-state index in [2.05, 4.69) is 27.2 Å². The summed E-state index contributed by atoms with van der Waals surface area (Å²) in [4.78, 5) is 14.2. The Balaban J connectivity index is 1.87. The number of benzene rings is 1. The fraction of sp³-hybridized carbons (Fsp3) is 0.562. The standard InChI is InChI=1S/C16H22F3N3O2/c1-11-9-20-7-8-22(11)10-15(23)21-12(2)13-3-5-14(6-4-13)24-16(17,18)19/h3-6,11-12,20H,7-10H2,1-2H3,(H,21,23)/t11-,12?/m0/s1. The van der Waals surface area contributed by atoms with Crippen molar-refractivity contribution in [1.29, 1.82) is 0 Å². The van der Waals surface area contributed by atoms with Gasteiger partial charge in [-0.25, -0.2) is 0 Å². The van der Waals surface area contributed by atoms with Crippen molar-refractivity contribution in [2.75, 3.05) is 26.2 Å². The first kappa shape index (κ1) is 18.5. The SMILES string of the molecule is CC(NC(=O)CN1CCNC[C@@H]1C)c1ccc(OC(F)(F)F)cc1. The molecule has 0 bridgehead atoms. The zero-order valence-corrected chi connectivity index (χ0v) is 13.7. The van der Waals surface area contributed by atoms with Gasteiger partial charge in [-0.1, -0.05) is 12.1 Å². The molecular weight excluding hydrogens is 323 g/mol. The maximum absolute atomic E-state index is 12.1. The highest BCUT2D eigenvalue weighted by Crippen LogP contribution is 2.24. The fourth-order valence-corrected chi connectivity index (χ4v) is 2.63. The predicted octanol–water partition coefficient (Wildman–Crippen LogP) is 2.06. The number of hydrogen-bond acceptors (Lipinski definition) is 4. The van der Waals surface area contributed by atoms with Crippen molar-refractivity contribution in [3.8, 4) is 5.75 Å². The molecule has 1 aromatic rings. The molecular formula is C16H22F3N3O2. The summed E-state index contributed by atoms with van der Waals surface area (Å²) < 4.78 is 40.2. The second-order valence-electron chi connectivity index (χ2n) is 5.93. The van der Waals surface area contributed by atoms with Crippen LogP contribution >= 0.6 is 0 Å². The van der Waals surface area contributed by atoms with E-state index in [1.165, 1.54) is 24.3 Å². The third kappa shape index (κ3) is 5.68. The Kier molecular flexibility index (Phi) is 6.06. The lowest BCUT2D eigenvalue weighted by atomic mass is 10.1. The van der Waals surface area contributed by atoms with Crippen LogP contribution in [0.15, 0.2) is 24.3 Å². The van der Waals surface area contributed by atoms with Crippen LogP contribution in [0.2, 0.25) is 0 Å². The third-order valence-corrected chi connectivity index (χ3v) is 3.98. The maximum atomic E-state index is 12.1. The van der Waals surface area contributed by atoms with E-state index in [4.69, 9.17) is 0 Å². The van der Waals surface area contributed by atoms with Crippen molar-refractivity contribution in [3.63, 3.8) is 0 Å². The molecule has 1 saturated heterocycles. The van der Waals surface area contributed by atoms with Crippen molar-refractivity contribution in [2.45, 2.75) is 32.3 Å². The minimum atomic E-state index is -4.71. The van der Waals surface area contributed by atoms with E-state index in [-0.39, 0.29) is 17.7 Å². The molecule has 1 amide bonds. The van der Waals surface area contributed by atoms with Gasteiger partial charge in [0.1, 0.15) is 5.75 Å². The molecule has 0 saturated carbocycles. The average Bonchev–Trinajstić information content (AvgIpc) is 2.48. The van der Waals surface area contributed by atoms with Crippen LogP contribution in [-0.4, -0.2) is 49.4 Å². The van der Waals surface area contributed by atoms with Crippen molar-refractivity contribution in [3.05, 3.63) is 29.8 Å². The molecule has 1 aliphatic rings. The minimum Gasteiger partial charge on any atom is -0.406 e.